The summed E-state index contributed by atoms with van der Waals surface area (Å²) in [6.45, 7) is 4.67. The molecule has 2 nitrogen and oxygen atoms in total. The van der Waals surface area contributed by atoms with Crippen LogP contribution < -0.4 is 0 Å². The molecular formula is C28H49NOS7Si. The van der Waals surface area contributed by atoms with Crippen LogP contribution in [0.4, 0.5) is 0 Å². The number of fused-ring (bicyclic) bond motifs is 1. The number of benzene rings is 1. The third kappa shape index (κ3) is 18.7. The van der Waals surface area contributed by atoms with E-state index in [4.69, 9.17) is 4.43 Å². The third-order valence-electron chi connectivity index (χ3n) is 6.82. The summed E-state index contributed by atoms with van der Waals surface area (Å²) < 4.78 is 8.07. The van der Waals surface area contributed by atoms with Gasteiger partial charge in [-0.15, -0.1) is 11.3 Å². The fraction of sp³-hybridized carbons (Fsp3) is 0.750. The highest BCUT2D eigenvalue weighted by Crippen LogP contribution is 2.54. The van der Waals surface area contributed by atoms with Crippen LogP contribution in [0, 0.1) is 0 Å². The van der Waals surface area contributed by atoms with Gasteiger partial charge in [0.15, 0.2) is 12.7 Å². The van der Waals surface area contributed by atoms with Crippen molar-refractivity contribution in [2.75, 3.05) is 12.9 Å². The van der Waals surface area contributed by atoms with Crippen LogP contribution in [0.5, 0.6) is 0 Å². The molecule has 0 N–H and O–H groups in total. The molecule has 2 aromatic rings. The van der Waals surface area contributed by atoms with E-state index in [1.54, 1.807) is 22.1 Å². The fourth-order valence-electron chi connectivity index (χ4n) is 4.29. The molecule has 2 rings (SSSR count). The molecule has 218 valence electrons. The summed E-state index contributed by atoms with van der Waals surface area (Å²) in [4.78, 5) is 4.67. The van der Waals surface area contributed by atoms with Gasteiger partial charge in [-0.25, -0.2) is 4.98 Å². The predicted octanol–water partition coefficient (Wildman–Crippen LogP) is 13.7. The van der Waals surface area contributed by atoms with Gasteiger partial charge in [0.1, 0.15) is 0 Å². The van der Waals surface area contributed by atoms with Gasteiger partial charge in [0.05, 0.1) is 10.2 Å². The standard InChI is InChI=1S/C28H49NOS7Si/c1-30-38(2,3)25-21-17-15-13-11-9-7-5-4-6-8-10-12-14-16-20-24-31-34-36-37-35-33-28-29-26-22-18-19-23-27(26)32-28/h18-19,22-23H,4-17,20-21,24-25H2,1-3H3. The Balaban J connectivity index is 1.21. The number of thiazole rings is 1. The van der Waals surface area contributed by atoms with Crippen LogP contribution in [0.15, 0.2) is 28.6 Å². The molecule has 1 heterocycles. The molecule has 10 heteroatoms. The summed E-state index contributed by atoms with van der Waals surface area (Å²) in [5.41, 5.74) is 1.12. The summed E-state index contributed by atoms with van der Waals surface area (Å²) in [6, 6.07) is 9.71. The molecule has 1 aromatic heterocycles. The molecule has 0 aliphatic carbocycles. The second-order valence-corrected chi connectivity index (χ2v) is 25.7. The highest BCUT2D eigenvalue weighted by atomic mass is 33.9. The zero-order valence-electron chi connectivity index (χ0n) is 23.8. The first-order chi connectivity index (χ1) is 18.6. The Bertz CT molecular complexity index is 790. The van der Waals surface area contributed by atoms with E-state index in [-0.39, 0.29) is 0 Å². The monoisotopic (exact) mass is 667 g/mol. The lowest BCUT2D eigenvalue weighted by Crippen LogP contribution is -2.27. The molecule has 38 heavy (non-hydrogen) atoms. The minimum Gasteiger partial charge on any atom is -0.420 e. The zero-order valence-corrected chi connectivity index (χ0v) is 30.5. The van der Waals surface area contributed by atoms with Crippen LogP contribution in [0.1, 0.15) is 103 Å². The Morgan fingerprint density at radius 1 is 0.684 bits per heavy atom. The lowest BCUT2D eigenvalue weighted by atomic mass is 10.0. The lowest BCUT2D eigenvalue weighted by Gasteiger charge is -2.19. The zero-order chi connectivity index (χ0) is 27.2. The van der Waals surface area contributed by atoms with E-state index in [1.807, 2.05) is 57.2 Å². The summed E-state index contributed by atoms with van der Waals surface area (Å²) in [7, 11) is 11.9. The minimum atomic E-state index is -1.31. The molecule has 0 unspecified atom stereocenters. The number of hydrogen-bond donors (Lipinski definition) is 0. The lowest BCUT2D eigenvalue weighted by molar-refractivity contribution is 0.400. The first kappa shape index (κ1) is 35.6. The molecule has 0 radical (unpaired) electrons. The number of hydrogen-bond acceptors (Lipinski definition) is 9. The topological polar surface area (TPSA) is 22.1 Å². The van der Waals surface area contributed by atoms with Gasteiger partial charge in [-0.2, -0.15) is 0 Å². The summed E-state index contributed by atoms with van der Waals surface area (Å²) in [5.74, 6) is 1.28. The van der Waals surface area contributed by atoms with E-state index >= 15 is 0 Å². The van der Waals surface area contributed by atoms with Gasteiger partial charge >= 0.3 is 0 Å². The molecular weight excluding hydrogens is 619 g/mol. The van der Waals surface area contributed by atoms with Gasteiger partial charge in [-0.3, -0.25) is 0 Å². The van der Waals surface area contributed by atoms with Crippen LogP contribution in [-0.2, 0) is 4.43 Å². The normalized spacial score (nSPS) is 12.1. The molecule has 0 saturated carbocycles. The van der Waals surface area contributed by atoms with Crippen LogP contribution in [0.25, 0.3) is 10.2 Å². The van der Waals surface area contributed by atoms with Crippen LogP contribution in [0.2, 0.25) is 19.1 Å². The summed E-state index contributed by atoms with van der Waals surface area (Å²) in [6.07, 6.45) is 22.9. The number of aromatic nitrogens is 1. The third-order valence-corrected chi connectivity index (χ3v) is 21.6. The first-order valence-corrected chi connectivity index (χ1v) is 26.1. The molecule has 0 aliphatic heterocycles. The summed E-state index contributed by atoms with van der Waals surface area (Å²) in [5, 5.41) is 0. The van der Waals surface area contributed by atoms with E-state index < -0.39 is 8.32 Å². The Morgan fingerprint density at radius 2 is 1.21 bits per heavy atom. The maximum absolute atomic E-state index is 5.64. The predicted molar refractivity (Wildman–Crippen MR) is 191 cm³/mol. The first-order valence-electron chi connectivity index (χ1n) is 14.5. The Kier molecular flexibility index (Phi) is 22.4. The molecule has 0 aliphatic rings. The van der Waals surface area contributed by atoms with Crippen molar-refractivity contribution in [1.82, 2.24) is 4.98 Å². The Hall–Kier alpha value is 1.39. The minimum absolute atomic E-state index is 1.12. The quantitative estimate of drug-likeness (QED) is 0.0554. The fourth-order valence-corrected chi connectivity index (χ4v) is 18.5. The molecule has 0 spiro atoms. The van der Waals surface area contributed by atoms with Gasteiger partial charge in [-0.05, 0) is 87.8 Å². The van der Waals surface area contributed by atoms with Crippen molar-refractivity contribution < 1.29 is 4.43 Å². The van der Waals surface area contributed by atoms with Gasteiger partial charge in [0.2, 0.25) is 0 Å². The highest BCUT2D eigenvalue weighted by molar-refractivity contribution is 9.41. The SMILES string of the molecule is CO[Si](C)(C)CCCCCCCCCCCCCCCCCCSSSSSSc1nc2ccccc2s1. The van der Waals surface area contributed by atoms with Crippen molar-refractivity contribution in [2.24, 2.45) is 0 Å². The highest BCUT2D eigenvalue weighted by Gasteiger charge is 2.19. The average molecular weight is 668 g/mol. The van der Waals surface area contributed by atoms with Gasteiger partial charge < -0.3 is 4.43 Å². The van der Waals surface area contributed by atoms with Crippen LogP contribution in [0.3, 0.4) is 0 Å². The average Bonchev–Trinajstić information content (AvgIpc) is 3.34. The number of nitrogens with zero attached hydrogens (tertiary/aromatic N) is 1. The number of para-hydroxylation sites is 1. The van der Waals surface area contributed by atoms with Crippen molar-refractivity contribution in [3.63, 3.8) is 0 Å². The van der Waals surface area contributed by atoms with Gasteiger partial charge in [0, 0.05) is 12.9 Å². The number of rotatable bonds is 26. The Morgan fingerprint density at radius 3 is 1.79 bits per heavy atom. The molecule has 1 aromatic carbocycles. The molecule has 0 fully saturated rings. The van der Waals surface area contributed by atoms with Gasteiger partial charge in [0.25, 0.3) is 0 Å². The van der Waals surface area contributed by atoms with Crippen molar-refractivity contribution in [1.29, 1.82) is 0 Å². The molecule has 0 saturated heterocycles. The Labute approximate surface area is 261 Å². The van der Waals surface area contributed by atoms with Gasteiger partial charge in [-0.1, -0.05) is 119 Å². The van der Waals surface area contributed by atoms with Crippen molar-refractivity contribution >= 4 is 90.8 Å². The molecule has 0 bridgehead atoms. The van der Waals surface area contributed by atoms with E-state index in [2.05, 4.69) is 42.3 Å². The number of unbranched alkanes of at least 4 members (excludes halogenated alkanes) is 15. The van der Waals surface area contributed by atoms with Crippen molar-refractivity contribution in [3.8, 4) is 0 Å². The van der Waals surface area contributed by atoms with Crippen molar-refractivity contribution in [2.45, 2.75) is 126 Å². The molecule has 0 atom stereocenters. The summed E-state index contributed by atoms with van der Waals surface area (Å²) >= 11 is 1.78. The van der Waals surface area contributed by atoms with Crippen LogP contribution >= 0.6 is 72.2 Å². The van der Waals surface area contributed by atoms with E-state index in [0.29, 0.717) is 0 Å². The van der Waals surface area contributed by atoms with Crippen LogP contribution in [-0.4, -0.2) is 26.2 Å². The van der Waals surface area contributed by atoms with Crippen molar-refractivity contribution in [3.05, 3.63) is 24.3 Å². The molecule has 0 amide bonds. The van der Waals surface area contributed by atoms with E-state index in [0.717, 1.165) is 9.86 Å². The maximum atomic E-state index is 5.64. The largest absolute Gasteiger partial charge is 0.420 e. The smallest absolute Gasteiger partial charge is 0.186 e. The second kappa shape index (κ2) is 23.9. The van der Waals surface area contributed by atoms with E-state index in [9.17, 15) is 0 Å². The second-order valence-electron chi connectivity index (χ2n) is 10.5. The maximum Gasteiger partial charge on any atom is 0.186 e. The van der Waals surface area contributed by atoms with E-state index in [1.165, 1.54) is 119 Å².